The summed E-state index contributed by atoms with van der Waals surface area (Å²) in [5, 5.41) is 10.8. The van der Waals surface area contributed by atoms with Crippen molar-refractivity contribution in [2.75, 3.05) is 13.1 Å². The highest BCUT2D eigenvalue weighted by Crippen LogP contribution is 2.50. The fraction of sp³-hybridized carbons (Fsp3) is 0.857. The van der Waals surface area contributed by atoms with Crippen molar-refractivity contribution in [3.63, 3.8) is 0 Å². The Kier molecular flexibility index (Phi) is 2.68. The highest BCUT2D eigenvalue weighted by Gasteiger charge is 2.60. The van der Waals surface area contributed by atoms with Gasteiger partial charge in [0.2, 0.25) is 11.8 Å². The van der Waals surface area contributed by atoms with Gasteiger partial charge in [-0.25, -0.2) is 0 Å². The van der Waals surface area contributed by atoms with Crippen molar-refractivity contribution < 1.29 is 14.7 Å². The van der Waals surface area contributed by atoms with E-state index in [1.165, 1.54) is 6.42 Å². The predicted octanol–water partition coefficient (Wildman–Crippen LogP) is 0.261. The van der Waals surface area contributed by atoms with Gasteiger partial charge in [-0.3, -0.25) is 9.59 Å². The first-order valence-corrected chi connectivity index (χ1v) is 7.22. The summed E-state index contributed by atoms with van der Waals surface area (Å²) < 4.78 is 0. The molecule has 106 valence electrons. The van der Waals surface area contributed by atoms with Crippen LogP contribution in [-0.4, -0.2) is 40.5 Å². The van der Waals surface area contributed by atoms with Crippen molar-refractivity contribution in [1.82, 2.24) is 4.90 Å². The number of hydrogen-bond donors (Lipinski definition) is 2. The normalized spacial score (nSPS) is 36.9. The van der Waals surface area contributed by atoms with E-state index < -0.39 is 16.9 Å². The van der Waals surface area contributed by atoms with E-state index in [0.29, 0.717) is 31.8 Å². The zero-order valence-electron chi connectivity index (χ0n) is 11.4. The summed E-state index contributed by atoms with van der Waals surface area (Å²) in [6.45, 7) is 2.91. The number of rotatable bonds is 3. The molecule has 2 aliphatic carbocycles. The SMILES string of the molecule is C[C@@H]1CN(C(=O)C2(C(N)=O)CC2)C[C@@]1(O)C1CCC1. The fourth-order valence-corrected chi connectivity index (χ4v) is 3.60. The Labute approximate surface area is 113 Å². The maximum Gasteiger partial charge on any atom is 0.238 e. The summed E-state index contributed by atoms with van der Waals surface area (Å²) in [6, 6.07) is 0. The molecule has 5 heteroatoms. The lowest BCUT2D eigenvalue weighted by Crippen LogP contribution is -2.49. The molecule has 2 amide bonds. The molecule has 3 rings (SSSR count). The first-order valence-electron chi connectivity index (χ1n) is 7.22. The molecule has 1 heterocycles. The van der Waals surface area contributed by atoms with Gasteiger partial charge in [0.05, 0.1) is 12.1 Å². The van der Waals surface area contributed by atoms with Crippen LogP contribution in [0.3, 0.4) is 0 Å². The summed E-state index contributed by atoms with van der Waals surface area (Å²) in [5.41, 5.74) is 3.64. The molecule has 0 aromatic heterocycles. The number of nitrogens with two attached hydrogens (primary N) is 1. The monoisotopic (exact) mass is 266 g/mol. The Balaban J connectivity index is 1.74. The predicted molar refractivity (Wildman–Crippen MR) is 68.9 cm³/mol. The summed E-state index contributed by atoms with van der Waals surface area (Å²) in [4.78, 5) is 25.6. The molecule has 0 aromatic carbocycles. The molecule has 0 unspecified atom stereocenters. The van der Waals surface area contributed by atoms with Crippen molar-refractivity contribution in [3.8, 4) is 0 Å². The van der Waals surface area contributed by atoms with E-state index in [0.717, 1.165) is 12.8 Å². The van der Waals surface area contributed by atoms with Gasteiger partial charge in [0.15, 0.2) is 0 Å². The lowest BCUT2D eigenvalue weighted by atomic mass is 9.69. The second-order valence-corrected chi connectivity index (χ2v) is 6.65. The molecule has 1 saturated heterocycles. The fourth-order valence-electron chi connectivity index (χ4n) is 3.60. The van der Waals surface area contributed by atoms with Crippen LogP contribution < -0.4 is 5.73 Å². The molecular weight excluding hydrogens is 244 g/mol. The summed E-state index contributed by atoms with van der Waals surface area (Å²) >= 11 is 0. The minimum atomic E-state index is -0.954. The van der Waals surface area contributed by atoms with Crippen LogP contribution in [0.2, 0.25) is 0 Å². The smallest absolute Gasteiger partial charge is 0.238 e. The molecule has 5 nitrogen and oxygen atoms in total. The number of nitrogens with zero attached hydrogens (tertiary/aromatic N) is 1. The van der Waals surface area contributed by atoms with E-state index in [-0.39, 0.29) is 11.8 Å². The molecule has 2 saturated carbocycles. The quantitative estimate of drug-likeness (QED) is 0.719. The van der Waals surface area contributed by atoms with E-state index in [1.54, 1.807) is 4.90 Å². The minimum Gasteiger partial charge on any atom is -0.387 e. The number of primary amides is 1. The van der Waals surface area contributed by atoms with Crippen LogP contribution >= 0.6 is 0 Å². The average molecular weight is 266 g/mol. The third-order valence-electron chi connectivity index (χ3n) is 5.52. The maximum atomic E-state index is 12.4. The van der Waals surface area contributed by atoms with E-state index >= 15 is 0 Å². The van der Waals surface area contributed by atoms with Gasteiger partial charge in [0, 0.05) is 12.5 Å². The van der Waals surface area contributed by atoms with Gasteiger partial charge in [-0.2, -0.15) is 0 Å². The second-order valence-electron chi connectivity index (χ2n) is 6.65. The van der Waals surface area contributed by atoms with Gasteiger partial charge >= 0.3 is 0 Å². The molecular formula is C14H22N2O3. The highest BCUT2D eigenvalue weighted by atomic mass is 16.3. The van der Waals surface area contributed by atoms with Crippen LogP contribution in [0.5, 0.6) is 0 Å². The average Bonchev–Trinajstić information content (AvgIpc) is 3.00. The molecule has 0 bridgehead atoms. The van der Waals surface area contributed by atoms with Crippen molar-refractivity contribution >= 4 is 11.8 Å². The van der Waals surface area contributed by atoms with Gasteiger partial charge in [0.1, 0.15) is 5.41 Å². The molecule has 1 aliphatic heterocycles. The van der Waals surface area contributed by atoms with Crippen LogP contribution in [0, 0.1) is 17.3 Å². The van der Waals surface area contributed by atoms with Gasteiger partial charge in [-0.1, -0.05) is 13.3 Å². The summed E-state index contributed by atoms with van der Waals surface area (Å²) in [6.07, 6.45) is 4.38. The Morgan fingerprint density at radius 2 is 1.95 bits per heavy atom. The lowest BCUT2D eigenvalue weighted by molar-refractivity contribution is -0.143. The third-order valence-corrected chi connectivity index (χ3v) is 5.52. The van der Waals surface area contributed by atoms with Crippen LogP contribution in [0.15, 0.2) is 0 Å². The number of carbonyl (C=O) groups is 2. The molecule has 0 spiro atoms. The number of hydrogen-bond acceptors (Lipinski definition) is 3. The minimum absolute atomic E-state index is 0.0745. The molecule has 0 aromatic rings. The van der Waals surface area contributed by atoms with E-state index in [4.69, 9.17) is 5.73 Å². The molecule has 2 atom stereocenters. The topological polar surface area (TPSA) is 83.6 Å². The molecule has 3 aliphatic rings. The molecule has 3 fully saturated rings. The Morgan fingerprint density at radius 1 is 1.32 bits per heavy atom. The molecule has 3 N–H and O–H groups in total. The third kappa shape index (κ3) is 1.71. The number of amides is 2. The zero-order chi connectivity index (χ0) is 13.8. The number of aliphatic hydroxyl groups is 1. The van der Waals surface area contributed by atoms with Crippen molar-refractivity contribution in [1.29, 1.82) is 0 Å². The van der Waals surface area contributed by atoms with Gasteiger partial charge in [-0.15, -0.1) is 0 Å². The highest BCUT2D eigenvalue weighted by molar-refractivity contribution is 6.07. The van der Waals surface area contributed by atoms with Crippen molar-refractivity contribution in [2.24, 2.45) is 23.0 Å². The number of carbonyl (C=O) groups excluding carboxylic acids is 2. The Bertz CT molecular complexity index is 428. The van der Waals surface area contributed by atoms with Crippen molar-refractivity contribution in [3.05, 3.63) is 0 Å². The first-order chi connectivity index (χ1) is 8.90. The molecule has 0 radical (unpaired) electrons. The van der Waals surface area contributed by atoms with Gasteiger partial charge in [0.25, 0.3) is 0 Å². The Hall–Kier alpha value is -1.10. The lowest BCUT2D eigenvalue weighted by Gasteiger charge is -2.41. The number of likely N-dealkylation sites (tertiary alicyclic amines) is 1. The largest absolute Gasteiger partial charge is 0.387 e. The van der Waals surface area contributed by atoms with Gasteiger partial charge < -0.3 is 15.7 Å². The summed E-state index contributed by atoms with van der Waals surface area (Å²) in [5.74, 6) is -0.291. The van der Waals surface area contributed by atoms with Crippen LogP contribution in [0.4, 0.5) is 0 Å². The van der Waals surface area contributed by atoms with Crippen LogP contribution in [-0.2, 0) is 9.59 Å². The maximum absolute atomic E-state index is 12.4. The molecule has 19 heavy (non-hydrogen) atoms. The van der Waals surface area contributed by atoms with E-state index in [2.05, 4.69) is 0 Å². The van der Waals surface area contributed by atoms with Crippen LogP contribution in [0.25, 0.3) is 0 Å². The standard InChI is InChI=1S/C14H22N2O3/c1-9-7-16(8-14(9,19)10-3-2-4-10)12(18)13(5-6-13)11(15)17/h9-10,19H,2-8H2,1H3,(H2,15,17)/t9-,14+/m1/s1. The summed E-state index contributed by atoms with van der Waals surface area (Å²) in [7, 11) is 0. The second kappa shape index (κ2) is 3.95. The van der Waals surface area contributed by atoms with Gasteiger partial charge in [-0.05, 0) is 31.6 Å². The van der Waals surface area contributed by atoms with E-state index in [9.17, 15) is 14.7 Å². The van der Waals surface area contributed by atoms with E-state index in [1.807, 2.05) is 6.92 Å². The Morgan fingerprint density at radius 3 is 2.37 bits per heavy atom. The van der Waals surface area contributed by atoms with Crippen LogP contribution in [0.1, 0.15) is 39.0 Å². The zero-order valence-corrected chi connectivity index (χ0v) is 11.4. The first kappa shape index (κ1) is 12.9. The van der Waals surface area contributed by atoms with Crippen molar-refractivity contribution in [2.45, 2.75) is 44.6 Å². The number of β-amino-alcohol motifs (C(OH)–C–C–N with tert-alkyl or cyclic N) is 1.